The maximum Gasteiger partial charge on any atom is 0.138 e. The lowest BCUT2D eigenvalue weighted by atomic mass is 10.0. The Hall–Kier alpha value is -7.23. The Morgan fingerprint density at radius 2 is 0.815 bits per heavy atom. The van der Waals surface area contributed by atoms with E-state index >= 15 is 0 Å². The summed E-state index contributed by atoms with van der Waals surface area (Å²) in [6.45, 7) is 0. The normalized spacial score (nSPS) is 11.7. The molecule has 0 amide bonds. The van der Waals surface area contributed by atoms with Crippen molar-refractivity contribution < 1.29 is 0 Å². The third-order valence-electron chi connectivity index (χ3n) is 10.9. The smallest absolute Gasteiger partial charge is 0.138 e. The van der Waals surface area contributed by atoms with Crippen molar-refractivity contribution in [3.8, 4) is 45.0 Å². The standard InChI is InChI=1S/C51H33N3/c1-3-14-34(15-4-1)39-32-45(36-17-5-2-6-18-36)52-51(33-39)54-48-24-12-10-22-42(48)44-31-38(27-29-50(44)54)37-26-28-49-43(30-37)41-21-9-11-23-47(41)53(49)46-25-13-19-35-16-7-8-20-40(35)46/h1-33H. The van der Waals surface area contributed by atoms with E-state index in [1.807, 2.05) is 0 Å². The second kappa shape index (κ2) is 12.2. The Morgan fingerprint density at radius 1 is 0.296 bits per heavy atom. The molecule has 54 heavy (non-hydrogen) atoms. The first-order valence-electron chi connectivity index (χ1n) is 18.5. The fraction of sp³-hybridized carbons (Fsp3) is 0. The van der Waals surface area contributed by atoms with Crippen LogP contribution in [0.4, 0.5) is 0 Å². The predicted molar refractivity (Wildman–Crippen MR) is 227 cm³/mol. The van der Waals surface area contributed by atoms with Crippen LogP contribution in [-0.2, 0) is 0 Å². The van der Waals surface area contributed by atoms with Gasteiger partial charge in [0, 0.05) is 32.5 Å². The zero-order valence-electron chi connectivity index (χ0n) is 29.4. The topological polar surface area (TPSA) is 22.8 Å². The highest BCUT2D eigenvalue weighted by molar-refractivity contribution is 6.13. The number of aromatic nitrogens is 3. The van der Waals surface area contributed by atoms with Crippen molar-refractivity contribution >= 4 is 54.4 Å². The van der Waals surface area contributed by atoms with Crippen molar-refractivity contribution in [1.82, 2.24) is 14.1 Å². The van der Waals surface area contributed by atoms with Gasteiger partial charge in [0.2, 0.25) is 0 Å². The SMILES string of the molecule is c1ccc(-c2cc(-c3ccccc3)nc(-n3c4ccccc4c4cc(-c5ccc6c(c5)c5ccccc5n6-c5cccc6ccccc56)ccc43)c2)cc1. The molecule has 0 radical (unpaired) electrons. The molecule has 3 nitrogen and oxygen atoms in total. The molecule has 0 unspecified atom stereocenters. The average molecular weight is 688 g/mol. The zero-order chi connectivity index (χ0) is 35.6. The van der Waals surface area contributed by atoms with Gasteiger partial charge in [0.25, 0.3) is 0 Å². The van der Waals surface area contributed by atoms with Crippen LogP contribution in [0.15, 0.2) is 200 Å². The molecule has 0 N–H and O–H groups in total. The van der Waals surface area contributed by atoms with E-state index in [1.165, 1.54) is 65.7 Å². The van der Waals surface area contributed by atoms with Crippen molar-refractivity contribution in [3.05, 3.63) is 200 Å². The van der Waals surface area contributed by atoms with E-state index in [-0.39, 0.29) is 0 Å². The van der Waals surface area contributed by atoms with E-state index in [9.17, 15) is 0 Å². The van der Waals surface area contributed by atoms with Gasteiger partial charge in [0.1, 0.15) is 5.82 Å². The van der Waals surface area contributed by atoms with E-state index in [0.717, 1.165) is 33.7 Å². The molecule has 11 rings (SSSR count). The molecule has 3 heteroatoms. The van der Waals surface area contributed by atoms with Gasteiger partial charge in [-0.25, -0.2) is 4.98 Å². The third kappa shape index (κ3) is 4.79. The van der Waals surface area contributed by atoms with Crippen LogP contribution >= 0.6 is 0 Å². The van der Waals surface area contributed by atoms with Crippen LogP contribution in [0.2, 0.25) is 0 Å². The molecular formula is C51H33N3. The lowest BCUT2D eigenvalue weighted by molar-refractivity contribution is 1.08. The van der Waals surface area contributed by atoms with Gasteiger partial charge < -0.3 is 4.57 Å². The Labute approximate surface area is 312 Å². The van der Waals surface area contributed by atoms with Crippen LogP contribution in [0.5, 0.6) is 0 Å². The fourth-order valence-electron chi connectivity index (χ4n) is 8.40. The lowest BCUT2D eigenvalue weighted by Gasteiger charge is -2.13. The maximum atomic E-state index is 5.32. The molecule has 11 aromatic rings. The Bertz CT molecular complexity index is 3140. The Balaban J connectivity index is 1.10. The number of benzene rings is 8. The van der Waals surface area contributed by atoms with Crippen molar-refractivity contribution in [2.45, 2.75) is 0 Å². The molecule has 252 valence electrons. The average Bonchev–Trinajstić information content (AvgIpc) is 3.76. The lowest BCUT2D eigenvalue weighted by Crippen LogP contribution is -2.00. The molecule has 0 saturated carbocycles. The van der Waals surface area contributed by atoms with E-state index in [0.29, 0.717) is 0 Å². The summed E-state index contributed by atoms with van der Waals surface area (Å²) in [4.78, 5) is 5.32. The first kappa shape index (κ1) is 30.4. The summed E-state index contributed by atoms with van der Waals surface area (Å²) < 4.78 is 4.75. The van der Waals surface area contributed by atoms with Gasteiger partial charge in [0.15, 0.2) is 0 Å². The molecule has 8 aromatic carbocycles. The summed E-state index contributed by atoms with van der Waals surface area (Å²) in [7, 11) is 0. The number of rotatable bonds is 5. The highest BCUT2D eigenvalue weighted by atomic mass is 15.1. The molecule has 0 fully saturated rings. The molecule has 0 spiro atoms. The molecule has 0 atom stereocenters. The van der Waals surface area contributed by atoms with Crippen LogP contribution in [0.1, 0.15) is 0 Å². The van der Waals surface area contributed by atoms with Crippen LogP contribution in [0.25, 0.3) is 99.4 Å². The summed E-state index contributed by atoms with van der Waals surface area (Å²) in [5, 5.41) is 7.38. The number of nitrogens with zero attached hydrogens (tertiary/aromatic N) is 3. The zero-order valence-corrected chi connectivity index (χ0v) is 29.4. The largest absolute Gasteiger partial charge is 0.309 e. The molecule has 0 aliphatic rings. The van der Waals surface area contributed by atoms with Gasteiger partial charge in [0.05, 0.1) is 33.4 Å². The van der Waals surface area contributed by atoms with Crippen molar-refractivity contribution in [2.24, 2.45) is 0 Å². The fourth-order valence-corrected chi connectivity index (χ4v) is 8.40. The van der Waals surface area contributed by atoms with Crippen LogP contribution in [-0.4, -0.2) is 14.1 Å². The second-order valence-electron chi connectivity index (χ2n) is 14.0. The van der Waals surface area contributed by atoms with Crippen LogP contribution in [0, 0.1) is 0 Å². The van der Waals surface area contributed by atoms with Gasteiger partial charge in [-0.05, 0) is 82.2 Å². The van der Waals surface area contributed by atoms with E-state index in [2.05, 4.69) is 209 Å². The number of pyridine rings is 1. The quantitative estimate of drug-likeness (QED) is 0.177. The number of hydrogen-bond acceptors (Lipinski definition) is 1. The molecule has 0 aliphatic carbocycles. The van der Waals surface area contributed by atoms with Gasteiger partial charge in [-0.15, -0.1) is 0 Å². The van der Waals surface area contributed by atoms with Crippen molar-refractivity contribution in [1.29, 1.82) is 0 Å². The van der Waals surface area contributed by atoms with Crippen LogP contribution in [0.3, 0.4) is 0 Å². The first-order chi connectivity index (χ1) is 26.8. The number of hydrogen-bond donors (Lipinski definition) is 0. The Kier molecular flexibility index (Phi) is 6.86. The van der Waals surface area contributed by atoms with Crippen molar-refractivity contribution in [3.63, 3.8) is 0 Å². The van der Waals surface area contributed by atoms with E-state index in [1.54, 1.807) is 0 Å². The molecule has 0 aliphatic heterocycles. The summed E-state index contributed by atoms with van der Waals surface area (Å²) >= 11 is 0. The second-order valence-corrected chi connectivity index (χ2v) is 14.0. The minimum atomic E-state index is 0.900. The molecular weight excluding hydrogens is 655 g/mol. The van der Waals surface area contributed by atoms with Gasteiger partial charge in [-0.2, -0.15) is 0 Å². The summed E-state index contributed by atoms with van der Waals surface area (Å²) in [5.74, 6) is 0.900. The summed E-state index contributed by atoms with van der Waals surface area (Å²) in [5.41, 5.74) is 12.6. The first-order valence-corrected chi connectivity index (χ1v) is 18.5. The van der Waals surface area contributed by atoms with Gasteiger partial charge in [-0.3, -0.25) is 4.57 Å². The van der Waals surface area contributed by atoms with E-state index < -0.39 is 0 Å². The Morgan fingerprint density at radius 3 is 1.50 bits per heavy atom. The highest BCUT2D eigenvalue weighted by Crippen LogP contribution is 2.40. The number of fused-ring (bicyclic) bond motifs is 7. The van der Waals surface area contributed by atoms with Gasteiger partial charge in [-0.1, -0.05) is 146 Å². The third-order valence-corrected chi connectivity index (χ3v) is 10.9. The molecule has 3 heterocycles. The molecule has 0 saturated heterocycles. The van der Waals surface area contributed by atoms with Crippen molar-refractivity contribution in [2.75, 3.05) is 0 Å². The van der Waals surface area contributed by atoms with Gasteiger partial charge >= 0.3 is 0 Å². The minimum Gasteiger partial charge on any atom is -0.309 e. The van der Waals surface area contributed by atoms with Crippen LogP contribution < -0.4 is 0 Å². The predicted octanol–water partition coefficient (Wildman–Crippen LogP) is 13.4. The van der Waals surface area contributed by atoms with E-state index in [4.69, 9.17) is 4.98 Å². The number of para-hydroxylation sites is 2. The maximum absolute atomic E-state index is 5.32. The summed E-state index contributed by atoms with van der Waals surface area (Å²) in [6, 6.07) is 72.0. The summed E-state index contributed by atoms with van der Waals surface area (Å²) in [6.07, 6.45) is 0. The molecule has 3 aromatic heterocycles. The molecule has 0 bridgehead atoms. The monoisotopic (exact) mass is 687 g/mol. The minimum absolute atomic E-state index is 0.900. The highest BCUT2D eigenvalue weighted by Gasteiger charge is 2.18.